The van der Waals surface area contributed by atoms with Gasteiger partial charge in [0.05, 0.1) is 0 Å². The van der Waals surface area contributed by atoms with Gasteiger partial charge in [0.1, 0.15) is 0 Å². The highest BCUT2D eigenvalue weighted by Gasteiger charge is 2.18. The molecule has 18 heavy (non-hydrogen) atoms. The molecule has 0 aromatic heterocycles. The van der Waals surface area contributed by atoms with E-state index in [1.807, 2.05) is 6.08 Å². The largest absolute Gasteiger partial charge is 0.0988 e. The van der Waals surface area contributed by atoms with Crippen LogP contribution < -0.4 is 0 Å². The Bertz CT molecular complexity index is 463. The molecule has 0 radical (unpaired) electrons. The van der Waals surface area contributed by atoms with Gasteiger partial charge in [-0.2, -0.15) is 0 Å². The van der Waals surface area contributed by atoms with Crippen LogP contribution in [0.15, 0.2) is 54.6 Å². The van der Waals surface area contributed by atoms with Crippen LogP contribution >= 0.6 is 0 Å². The fourth-order valence-corrected chi connectivity index (χ4v) is 2.59. The van der Waals surface area contributed by atoms with Crippen LogP contribution in [0.5, 0.6) is 0 Å². The van der Waals surface area contributed by atoms with Gasteiger partial charge in [0.2, 0.25) is 0 Å². The zero-order valence-electron chi connectivity index (χ0n) is 11.2. The van der Waals surface area contributed by atoms with Crippen LogP contribution in [0.25, 0.3) is 6.08 Å². The first-order chi connectivity index (χ1) is 8.86. The first-order valence-electron chi connectivity index (χ1n) is 6.94. The van der Waals surface area contributed by atoms with Crippen molar-refractivity contribution in [1.82, 2.24) is 0 Å². The molecule has 1 atom stereocenters. The van der Waals surface area contributed by atoms with E-state index in [0.717, 1.165) is 6.42 Å². The summed E-state index contributed by atoms with van der Waals surface area (Å²) < 4.78 is 0. The summed E-state index contributed by atoms with van der Waals surface area (Å²) in [5.74, 6) is 0.501. The Morgan fingerprint density at radius 3 is 3.00 bits per heavy atom. The number of allylic oxidation sites excluding steroid dienone is 4. The van der Waals surface area contributed by atoms with E-state index in [9.17, 15) is 0 Å². The molecule has 0 amide bonds. The van der Waals surface area contributed by atoms with Crippen LogP contribution in [0.3, 0.4) is 0 Å². The summed E-state index contributed by atoms with van der Waals surface area (Å²) in [6.07, 6.45) is 13.7. The lowest BCUT2D eigenvalue weighted by Gasteiger charge is -2.23. The molecule has 2 rings (SSSR count). The zero-order chi connectivity index (χ0) is 12.8. The maximum atomic E-state index is 4.00. The molecule has 1 aromatic rings. The Morgan fingerprint density at radius 1 is 1.39 bits per heavy atom. The second kappa shape index (κ2) is 6.39. The van der Waals surface area contributed by atoms with E-state index < -0.39 is 0 Å². The van der Waals surface area contributed by atoms with E-state index in [1.165, 1.54) is 36.0 Å². The molecule has 0 heteroatoms. The molecule has 0 spiro atoms. The molecule has 1 aliphatic carbocycles. The second-order valence-corrected chi connectivity index (χ2v) is 4.87. The Kier molecular flexibility index (Phi) is 4.58. The van der Waals surface area contributed by atoms with E-state index in [4.69, 9.17) is 0 Å². The van der Waals surface area contributed by atoms with Gasteiger partial charge in [0.15, 0.2) is 0 Å². The first kappa shape index (κ1) is 12.9. The standard InChI is InChI=1S/C18H22/c1-3-5-6-10-15(4-2)17-14-9-12-16-11-7-8-13-18(16)17/h4,7-13,17H,2-3,5-6,14H2,1H3/b15-10+. The van der Waals surface area contributed by atoms with E-state index in [1.54, 1.807) is 0 Å². The molecule has 0 fully saturated rings. The highest BCUT2D eigenvalue weighted by molar-refractivity contribution is 5.60. The van der Waals surface area contributed by atoms with Crippen LogP contribution in [0.2, 0.25) is 0 Å². The monoisotopic (exact) mass is 238 g/mol. The summed E-state index contributed by atoms with van der Waals surface area (Å²) in [7, 11) is 0. The number of benzene rings is 1. The van der Waals surface area contributed by atoms with Crippen molar-refractivity contribution in [3.8, 4) is 0 Å². The third kappa shape index (κ3) is 2.81. The maximum Gasteiger partial charge on any atom is 0.0126 e. The fraction of sp³-hybridized carbons (Fsp3) is 0.333. The molecule has 0 bridgehead atoms. The Morgan fingerprint density at radius 2 is 2.22 bits per heavy atom. The van der Waals surface area contributed by atoms with Crippen LogP contribution in [-0.2, 0) is 0 Å². The molecule has 94 valence electrons. The number of hydrogen-bond donors (Lipinski definition) is 0. The van der Waals surface area contributed by atoms with Crippen LogP contribution in [0.1, 0.15) is 49.7 Å². The van der Waals surface area contributed by atoms with Crippen molar-refractivity contribution >= 4 is 6.08 Å². The third-order valence-electron chi connectivity index (χ3n) is 3.62. The number of unbranched alkanes of at least 4 members (excludes halogenated alkanes) is 2. The minimum Gasteiger partial charge on any atom is -0.0988 e. The third-order valence-corrected chi connectivity index (χ3v) is 3.62. The van der Waals surface area contributed by atoms with E-state index in [-0.39, 0.29) is 0 Å². The van der Waals surface area contributed by atoms with E-state index in [0.29, 0.717) is 5.92 Å². The van der Waals surface area contributed by atoms with Crippen molar-refractivity contribution in [2.75, 3.05) is 0 Å². The van der Waals surface area contributed by atoms with Crippen molar-refractivity contribution < 1.29 is 0 Å². The van der Waals surface area contributed by atoms with Gasteiger partial charge in [-0.25, -0.2) is 0 Å². The molecular formula is C18H22. The molecule has 1 unspecified atom stereocenters. The van der Waals surface area contributed by atoms with Gasteiger partial charge in [-0.15, -0.1) is 0 Å². The first-order valence-corrected chi connectivity index (χ1v) is 6.94. The van der Waals surface area contributed by atoms with Gasteiger partial charge in [-0.3, -0.25) is 0 Å². The molecule has 0 N–H and O–H groups in total. The van der Waals surface area contributed by atoms with Crippen LogP contribution in [-0.4, -0.2) is 0 Å². The molecule has 0 nitrogen and oxygen atoms in total. The summed E-state index contributed by atoms with van der Waals surface area (Å²) >= 11 is 0. The molecule has 0 saturated carbocycles. The zero-order valence-corrected chi connectivity index (χ0v) is 11.2. The summed E-state index contributed by atoms with van der Waals surface area (Å²) in [6.45, 7) is 6.23. The van der Waals surface area contributed by atoms with Crippen LogP contribution in [0.4, 0.5) is 0 Å². The molecule has 0 heterocycles. The van der Waals surface area contributed by atoms with Gasteiger partial charge in [0, 0.05) is 5.92 Å². The quantitative estimate of drug-likeness (QED) is 0.470. The van der Waals surface area contributed by atoms with E-state index in [2.05, 4.69) is 56.0 Å². The number of hydrogen-bond acceptors (Lipinski definition) is 0. The number of rotatable bonds is 5. The normalized spacial score (nSPS) is 18.5. The lowest BCUT2D eigenvalue weighted by molar-refractivity contribution is 0.780. The average molecular weight is 238 g/mol. The smallest absolute Gasteiger partial charge is 0.0126 e. The summed E-state index contributed by atoms with van der Waals surface area (Å²) in [5.41, 5.74) is 4.19. The van der Waals surface area contributed by atoms with Crippen molar-refractivity contribution in [3.63, 3.8) is 0 Å². The lowest BCUT2D eigenvalue weighted by atomic mass is 9.81. The molecule has 1 aromatic carbocycles. The fourth-order valence-electron chi connectivity index (χ4n) is 2.59. The molecule has 1 aliphatic rings. The topological polar surface area (TPSA) is 0 Å². The Hall–Kier alpha value is -1.56. The second-order valence-electron chi connectivity index (χ2n) is 4.87. The maximum absolute atomic E-state index is 4.00. The van der Waals surface area contributed by atoms with Gasteiger partial charge >= 0.3 is 0 Å². The average Bonchev–Trinajstić information content (AvgIpc) is 2.43. The SMILES string of the molecule is C=C/C(=C\CCCC)C1CC=Cc2ccccc21. The minimum atomic E-state index is 0.501. The van der Waals surface area contributed by atoms with Gasteiger partial charge in [-0.1, -0.05) is 74.9 Å². The Balaban J connectivity index is 2.25. The number of fused-ring (bicyclic) bond motifs is 1. The predicted molar refractivity (Wildman–Crippen MR) is 80.6 cm³/mol. The highest BCUT2D eigenvalue weighted by atomic mass is 14.2. The molecule has 0 aliphatic heterocycles. The van der Waals surface area contributed by atoms with Crippen molar-refractivity contribution in [2.24, 2.45) is 0 Å². The van der Waals surface area contributed by atoms with Gasteiger partial charge < -0.3 is 0 Å². The van der Waals surface area contributed by atoms with Crippen molar-refractivity contribution in [1.29, 1.82) is 0 Å². The van der Waals surface area contributed by atoms with Gasteiger partial charge in [0.25, 0.3) is 0 Å². The van der Waals surface area contributed by atoms with E-state index >= 15 is 0 Å². The lowest BCUT2D eigenvalue weighted by Crippen LogP contribution is -2.05. The van der Waals surface area contributed by atoms with Crippen molar-refractivity contribution in [2.45, 2.75) is 38.5 Å². The summed E-state index contributed by atoms with van der Waals surface area (Å²) in [5, 5.41) is 0. The highest BCUT2D eigenvalue weighted by Crippen LogP contribution is 2.35. The van der Waals surface area contributed by atoms with Gasteiger partial charge in [-0.05, 0) is 29.5 Å². The minimum absolute atomic E-state index is 0.501. The summed E-state index contributed by atoms with van der Waals surface area (Å²) in [6, 6.07) is 8.70. The molecule has 0 saturated heterocycles. The Labute approximate surface area is 111 Å². The predicted octanol–water partition coefficient (Wildman–Crippen LogP) is 5.49. The van der Waals surface area contributed by atoms with Crippen LogP contribution in [0, 0.1) is 0 Å². The van der Waals surface area contributed by atoms with Crippen molar-refractivity contribution in [3.05, 3.63) is 65.8 Å². The summed E-state index contributed by atoms with van der Waals surface area (Å²) in [4.78, 5) is 0. The molecular weight excluding hydrogens is 216 g/mol.